The van der Waals surface area contributed by atoms with Crippen molar-refractivity contribution in [2.75, 3.05) is 23.3 Å². The Morgan fingerprint density at radius 3 is 2.29 bits per heavy atom. The third kappa shape index (κ3) is 7.56. The molecule has 2 aromatic heterocycles. The van der Waals surface area contributed by atoms with Gasteiger partial charge in [0.2, 0.25) is 0 Å². The minimum Gasteiger partial charge on any atom is -0.466 e. The van der Waals surface area contributed by atoms with Crippen molar-refractivity contribution in [3.8, 4) is 0 Å². The van der Waals surface area contributed by atoms with E-state index in [4.69, 9.17) is 9.47 Å². The highest BCUT2D eigenvalue weighted by Gasteiger charge is 2.18. The van der Waals surface area contributed by atoms with E-state index in [1.165, 1.54) is 30.5 Å². The van der Waals surface area contributed by atoms with Crippen LogP contribution in [0.25, 0.3) is 0 Å². The molecule has 0 radical (unpaired) electrons. The topological polar surface area (TPSA) is 154 Å². The number of esters is 2. The normalized spacial score (nSPS) is 11.0. The maximum Gasteiger partial charge on any atom is 0.311 e. The van der Waals surface area contributed by atoms with Gasteiger partial charge in [0.15, 0.2) is 10.3 Å². The van der Waals surface area contributed by atoms with Crippen LogP contribution in [0.5, 0.6) is 0 Å². The third-order valence-corrected chi connectivity index (χ3v) is 7.43. The van der Waals surface area contributed by atoms with E-state index in [1.54, 1.807) is 19.2 Å². The molecule has 0 fully saturated rings. The zero-order valence-corrected chi connectivity index (χ0v) is 21.2. The average Bonchev–Trinajstić information content (AvgIpc) is 3.42. The van der Waals surface area contributed by atoms with Gasteiger partial charge in [-0.25, -0.2) is 18.4 Å². The molecule has 3 aromatic rings. The van der Waals surface area contributed by atoms with Gasteiger partial charge < -0.3 is 9.47 Å². The van der Waals surface area contributed by atoms with Crippen LogP contribution in [0.15, 0.2) is 40.7 Å². The fourth-order valence-corrected chi connectivity index (χ4v) is 5.47. The number of amides is 1. The molecule has 2 N–H and O–H groups in total. The molecule has 0 aliphatic carbocycles. The Morgan fingerprint density at radius 2 is 1.63 bits per heavy atom. The predicted octanol–water partition coefficient (Wildman–Crippen LogP) is 2.86. The Balaban J connectivity index is 1.60. The van der Waals surface area contributed by atoms with E-state index in [0.717, 1.165) is 22.7 Å². The van der Waals surface area contributed by atoms with Gasteiger partial charge in [0.05, 0.1) is 36.6 Å². The van der Waals surface area contributed by atoms with Crippen molar-refractivity contribution < 1.29 is 32.3 Å². The number of sulfonamides is 1. The number of carbonyl (C=O) groups excluding carboxylic acids is 3. The van der Waals surface area contributed by atoms with Gasteiger partial charge in [-0.05, 0) is 38.1 Å². The van der Waals surface area contributed by atoms with E-state index in [2.05, 4.69) is 20.0 Å². The number of hydrogen-bond acceptors (Lipinski definition) is 11. The zero-order chi connectivity index (χ0) is 25.4. The highest BCUT2D eigenvalue weighted by atomic mass is 32.2. The Hall–Kier alpha value is -3.36. The Labute approximate surface area is 209 Å². The second-order valence-electron chi connectivity index (χ2n) is 6.82. The molecule has 0 spiro atoms. The number of carbonyl (C=O) groups is 3. The molecule has 1 amide bonds. The summed E-state index contributed by atoms with van der Waals surface area (Å²) in [7, 11) is -3.96. The number of aromatic nitrogens is 2. The molecule has 0 bridgehead atoms. The second kappa shape index (κ2) is 11.9. The molecule has 0 atom stereocenters. The Morgan fingerprint density at radius 1 is 0.971 bits per heavy atom. The summed E-state index contributed by atoms with van der Waals surface area (Å²) >= 11 is 2.18. The predicted molar refractivity (Wildman–Crippen MR) is 130 cm³/mol. The van der Waals surface area contributed by atoms with Crippen LogP contribution in [0.2, 0.25) is 0 Å². The van der Waals surface area contributed by atoms with Gasteiger partial charge in [0.25, 0.3) is 15.9 Å². The van der Waals surface area contributed by atoms with Gasteiger partial charge in [-0.1, -0.05) is 0 Å². The number of nitrogens with zero attached hydrogens (tertiary/aromatic N) is 2. The van der Waals surface area contributed by atoms with Crippen LogP contribution in [0.4, 0.5) is 10.3 Å². The van der Waals surface area contributed by atoms with Crippen LogP contribution in [0, 0.1) is 0 Å². The quantitative estimate of drug-likeness (QED) is 0.351. The van der Waals surface area contributed by atoms with Crippen molar-refractivity contribution in [3.63, 3.8) is 0 Å². The number of benzene rings is 1. The van der Waals surface area contributed by atoms with E-state index < -0.39 is 27.9 Å². The molecule has 186 valence electrons. The second-order valence-corrected chi connectivity index (χ2v) is 10.5. The highest BCUT2D eigenvalue weighted by molar-refractivity contribution is 7.93. The van der Waals surface area contributed by atoms with E-state index in [0.29, 0.717) is 15.7 Å². The molecule has 0 saturated heterocycles. The molecule has 0 saturated carbocycles. The molecule has 3 rings (SSSR count). The first kappa shape index (κ1) is 26.2. The van der Waals surface area contributed by atoms with Gasteiger partial charge in [-0.15, -0.1) is 22.7 Å². The molecule has 0 aliphatic rings. The average molecular weight is 539 g/mol. The lowest BCUT2D eigenvalue weighted by atomic mass is 10.2. The summed E-state index contributed by atoms with van der Waals surface area (Å²) in [6, 6.07) is 5.31. The van der Waals surface area contributed by atoms with Crippen LogP contribution >= 0.6 is 22.7 Å². The van der Waals surface area contributed by atoms with E-state index in [9.17, 15) is 22.8 Å². The van der Waals surface area contributed by atoms with E-state index >= 15 is 0 Å². The van der Waals surface area contributed by atoms with Crippen LogP contribution in [-0.4, -0.2) is 49.4 Å². The molecule has 0 aliphatic heterocycles. The minimum atomic E-state index is -3.96. The fraction of sp³-hybridized carbons (Fsp3) is 0.286. The highest BCUT2D eigenvalue weighted by Crippen LogP contribution is 2.23. The first-order chi connectivity index (χ1) is 16.7. The SMILES string of the molecule is CCOC(=O)Cc1csc(NC(=O)c2ccc(S(=O)(=O)Nc3ncc(CC(=O)OCC)s3)cc2)n1. The monoisotopic (exact) mass is 538 g/mol. The zero-order valence-electron chi connectivity index (χ0n) is 18.8. The van der Waals surface area contributed by atoms with Crippen molar-refractivity contribution in [2.24, 2.45) is 0 Å². The van der Waals surface area contributed by atoms with Crippen molar-refractivity contribution in [1.29, 1.82) is 0 Å². The lowest BCUT2D eigenvalue weighted by Crippen LogP contribution is -2.15. The van der Waals surface area contributed by atoms with Crippen LogP contribution < -0.4 is 10.0 Å². The smallest absolute Gasteiger partial charge is 0.311 e. The summed E-state index contributed by atoms with van der Waals surface area (Å²) in [5.74, 6) is -1.32. The summed E-state index contributed by atoms with van der Waals surface area (Å²) in [4.78, 5) is 44.2. The molecular weight excluding hydrogens is 516 g/mol. The molecular formula is C21H22N4O7S3. The van der Waals surface area contributed by atoms with Gasteiger partial charge in [0.1, 0.15) is 0 Å². The van der Waals surface area contributed by atoms with Crippen LogP contribution in [0.1, 0.15) is 34.8 Å². The third-order valence-electron chi connectivity index (χ3n) is 4.23. The first-order valence-corrected chi connectivity index (χ1v) is 13.5. The van der Waals surface area contributed by atoms with Gasteiger partial charge >= 0.3 is 11.9 Å². The number of rotatable bonds is 11. The summed E-state index contributed by atoms with van der Waals surface area (Å²) in [6.07, 6.45) is 1.41. The summed E-state index contributed by atoms with van der Waals surface area (Å²) in [5.41, 5.74) is 0.695. The van der Waals surface area contributed by atoms with Crippen molar-refractivity contribution in [3.05, 3.63) is 52.0 Å². The fourth-order valence-electron chi connectivity index (χ4n) is 2.72. The standard InChI is InChI=1S/C21H22N4O7S3/c1-3-31-17(26)9-14-12-33-21(23-14)24-19(28)13-5-7-16(8-6-13)35(29,30)25-20-22-11-15(34-20)10-18(27)32-4-2/h5-8,11-12H,3-4,9-10H2,1-2H3,(H,22,25)(H,23,24,28). The van der Waals surface area contributed by atoms with Crippen molar-refractivity contribution in [2.45, 2.75) is 31.6 Å². The summed E-state index contributed by atoms with van der Waals surface area (Å²) in [6.45, 7) is 3.93. The Bertz CT molecular complexity index is 1300. The van der Waals surface area contributed by atoms with Gasteiger partial charge in [0, 0.05) is 22.0 Å². The molecule has 11 nitrogen and oxygen atoms in total. The number of hydrogen-bond donors (Lipinski definition) is 2. The number of anilines is 2. The number of nitrogens with one attached hydrogen (secondary N) is 2. The first-order valence-electron chi connectivity index (χ1n) is 10.3. The molecule has 2 heterocycles. The van der Waals surface area contributed by atoms with E-state index in [1.807, 2.05) is 0 Å². The lowest BCUT2D eigenvalue weighted by molar-refractivity contribution is -0.143. The number of thiazole rings is 2. The maximum absolute atomic E-state index is 12.7. The van der Waals surface area contributed by atoms with E-state index in [-0.39, 0.29) is 41.6 Å². The van der Waals surface area contributed by atoms with Gasteiger partial charge in [-0.3, -0.25) is 24.4 Å². The van der Waals surface area contributed by atoms with Gasteiger partial charge in [-0.2, -0.15) is 0 Å². The summed E-state index contributed by atoms with van der Waals surface area (Å²) in [5, 5.41) is 4.66. The van der Waals surface area contributed by atoms with Crippen molar-refractivity contribution >= 4 is 60.8 Å². The maximum atomic E-state index is 12.7. The van der Waals surface area contributed by atoms with Crippen LogP contribution in [-0.2, 0) is 41.9 Å². The number of ether oxygens (including phenoxy) is 2. The lowest BCUT2D eigenvalue weighted by Gasteiger charge is -2.06. The van der Waals surface area contributed by atoms with Crippen LogP contribution in [0.3, 0.4) is 0 Å². The Kier molecular flexibility index (Phi) is 8.89. The summed E-state index contributed by atoms with van der Waals surface area (Å²) < 4.78 is 37.4. The molecule has 1 aromatic carbocycles. The minimum absolute atomic E-state index is 0.000455. The molecule has 0 unspecified atom stereocenters. The van der Waals surface area contributed by atoms with Crippen molar-refractivity contribution in [1.82, 2.24) is 9.97 Å². The molecule has 35 heavy (non-hydrogen) atoms. The largest absolute Gasteiger partial charge is 0.466 e. The molecule has 14 heteroatoms.